The van der Waals surface area contributed by atoms with Gasteiger partial charge >= 0.3 is 0 Å². The van der Waals surface area contributed by atoms with Gasteiger partial charge in [-0.05, 0) is 31.6 Å². The summed E-state index contributed by atoms with van der Waals surface area (Å²) in [6.07, 6.45) is 1.88. The molecule has 0 amide bonds. The van der Waals surface area contributed by atoms with Crippen molar-refractivity contribution < 1.29 is 13.2 Å². The highest BCUT2D eigenvalue weighted by atomic mass is 32.2. The van der Waals surface area contributed by atoms with Gasteiger partial charge in [-0.15, -0.1) is 0 Å². The Morgan fingerprint density at radius 1 is 1.30 bits per heavy atom. The molecule has 2 rings (SSSR count). The molecule has 2 fully saturated rings. The molecule has 4 atom stereocenters. The van der Waals surface area contributed by atoms with Crippen molar-refractivity contribution in [1.82, 2.24) is 9.62 Å². The summed E-state index contributed by atoms with van der Waals surface area (Å²) in [4.78, 5) is 2.39. The first-order chi connectivity index (χ1) is 9.37. The molecule has 0 saturated carbocycles. The van der Waals surface area contributed by atoms with Gasteiger partial charge in [0, 0.05) is 32.3 Å². The number of piperidine rings is 1. The molecule has 5 nitrogen and oxygen atoms in total. The number of sulfonamides is 1. The molecule has 1 N–H and O–H groups in total. The van der Waals surface area contributed by atoms with Gasteiger partial charge in [0.05, 0.1) is 6.61 Å². The van der Waals surface area contributed by atoms with Crippen LogP contribution in [0.5, 0.6) is 0 Å². The van der Waals surface area contributed by atoms with E-state index in [1.165, 1.54) is 6.42 Å². The zero-order chi connectivity index (χ0) is 14.8. The standard InChI is InChI=1S/C14H28N2O3S/c1-11-6-12(2)8-16(7-11)9-13(3)15-20(17,18)14-4-5-19-10-14/h11-15H,4-10H2,1-3H3/t11-,12+,13-,14-/m0/s1. The molecule has 0 aliphatic carbocycles. The maximum Gasteiger partial charge on any atom is 0.217 e. The predicted octanol–water partition coefficient (Wildman–Crippen LogP) is 1.06. The van der Waals surface area contributed by atoms with Crippen molar-refractivity contribution in [2.24, 2.45) is 11.8 Å². The van der Waals surface area contributed by atoms with Gasteiger partial charge in [0.1, 0.15) is 5.25 Å². The van der Waals surface area contributed by atoms with Gasteiger partial charge in [0.25, 0.3) is 0 Å². The third kappa shape index (κ3) is 4.41. The Morgan fingerprint density at radius 3 is 2.50 bits per heavy atom. The lowest BCUT2D eigenvalue weighted by atomic mass is 9.92. The Kier molecular flexibility index (Phi) is 5.45. The zero-order valence-electron chi connectivity index (χ0n) is 12.8. The van der Waals surface area contributed by atoms with E-state index in [0.717, 1.165) is 19.6 Å². The highest BCUT2D eigenvalue weighted by Gasteiger charge is 2.31. The molecular formula is C14H28N2O3S. The molecule has 2 heterocycles. The molecule has 20 heavy (non-hydrogen) atoms. The first-order valence-corrected chi connectivity index (χ1v) is 9.22. The van der Waals surface area contributed by atoms with Crippen LogP contribution < -0.4 is 4.72 Å². The fourth-order valence-electron chi connectivity index (χ4n) is 3.50. The van der Waals surface area contributed by atoms with Crippen molar-refractivity contribution in [3.63, 3.8) is 0 Å². The first-order valence-electron chi connectivity index (χ1n) is 7.68. The molecule has 118 valence electrons. The van der Waals surface area contributed by atoms with Crippen LogP contribution in [0.15, 0.2) is 0 Å². The quantitative estimate of drug-likeness (QED) is 0.825. The molecule has 0 radical (unpaired) electrons. The summed E-state index contributed by atoms with van der Waals surface area (Å²) in [7, 11) is -3.24. The van der Waals surface area contributed by atoms with Gasteiger partial charge < -0.3 is 9.64 Å². The van der Waals surface area contributed by atoms with E-state index in [4.69, 9.17) is 4.74 Å². The van der Waals surface area contributed by atoms with E-state index in [1.807, 2.05) is 6.92 Å². The van der Waals surface area contributed by atoms with E-state index in [0.29, 0.717) is 31.5 Å². The normalized spacial score (nSPS) is 34.2. The summed E-state index contributed by atoms with van der Waals surface area (Å²) in [5.41, 5.74) is 0. The third-order valence-corrected chi connectivity index (χ3v) is 6.15. The van der Waals surface area contributed by atoms with Crippen molar-refractivity contribution in [2.75, 3.05) is 32.8 Å². The largest absolute Gasteiger partial charge is 0.380 e. The molecule has 0 unspecified atom stereocenters. The molecule has 2 saturated heterocycles. The Hall–Kier alpha value is -0.170. The average molecular weight is 304 g/mol. The minimum absolute atomic E-state index is 0.0434. The number of nitrogens with one attached hydrogen (secondary N) is 1. The van der Waals surface area contributed by atoms with E-state index in [-0.39, 0.29) is 11.3 Å². The van der Waals surface area contributed by atoms with Gasteiger partial charge in [-0.3, -0.25) is 0 Å². The van der Waals surface area contributed by atoms with Crippen LogP contribution in [0.1, 0.15) is 33.6 Å². The van der Waals surface area contributed by atoms with Crippen LogP contribution in [-0.2, 0) is 14.8 Å². The lowest BCUT2D eigenvalue weighted by molar-refractivity contribution is 0.134. The molecule has 2 aliphatic heterocycles. The second kappa shape index (κ2) is 6.73. The minimum atomic E-state index is -3.24. The van der Waals surface area contributed by atoms with Crippen molar-refractivity contribution in [3.8, 4) is 0 Å². The monoisotopic (exact) mass is 304 g/mol. The number of hydrogen-bond donors (Lipinski definition) is 1. The van der Waals surface area contributed by atoms with Gasteiger partial charge in [0.2, 0.25) is 10.0 Å². The average Bonchev–Trinajstić information content (AvgIpc) is 2.79. The Balaban J connectivity index is 1.84. The topological polar surface area (TPSA) is 58.6 Å². The second-order valence-corrected chi connectivity index (χ2v) is 8.71. The van der Waals surface area contributed by atoms with Crippen LogP contribution in [0.2, 0.25) is 0 Å². The summed E-state index contributed by atoms with van der Waals surface area (Å²) in [6.45, 7) is 10.3. The Bertz CT molecular complexity index is 397. The smallest absolute Gasteiger partial charge is 0.217 e. The number of hydrogen-bond acceptors (Lipinski definition) is 4. The van der Waals surface area contributed by atoms with Crippen LogP contribution in [0.25, 0.3) is 0 Å². The van der Waals surface area contributed by atoms with Crippen LogP contribution in [0.4, 0.5) is 0 Å². The lowest BCUT2D eigenvalue weighted by Crippen LogP contribution is -2.48. The minimum Gasteiger partial charge on any atom is -0.380 e. The molecule has 0 bridgehead atoms. The fraction of sp³-hybridized carbons (Fsp3) is 1.00. The van der Waals surface area contributed by atoms with E-state index >= 15 is 0 Å². The summed E-state index contributed by atoms with van der Waals surface area (Å²) in [5, 5.41) is -0.371. The molecule has 0 aromatic rings. The highest BCUT2D eigenvalue weighted by Crippen LogP contribution is 2.21. The lowest BCUT2D eigenvalue weighted by Gasteiger charge is -2.36. The molecule has 0 aromatic heterocycles. The second-order valence-electron chi connectivity index (χ2n) is 6.71. The van der Waals surface area contributed by atoms with Gasteiger partial charge in [-0.2, -0.15) is 0 Å². The van der Waals surface area contributed by atoms with E-state index in [1.54, 1.807) is 0 Å². The number of ether oxygens (including phenoxy) is 1. The van der Waals surface area contributed by atoms with Gasteiger partial charge in [-0.25, -0.2) is 13.1 Å². The SMILES string of the molecule is C[C@@H]1C[C@H](C)CN(C[C@H](C)NS(=O)(=O)[C@H]2CCOC2)C1. The molecular weight excluding hydrogens is 276 g/mol. The predicted molar refractivity (Wildman–Crippen MR) is 80.1 cm³/mol. The molecule has 6 heteroatoms. The van der Waals surface area contributed by atoms with Gasteiger partial charge in [-0.1, -0.05) is 13.8 Å². The van der Waals surface area contributed by atoms with Crippen molar-refractivity contribution >= 4 is 10.0 Å². The van der Waals surface area contributed by atoms with Crippen molar-refractivity contribution in [1.29, 1.82) is 0 Å². The number of rotatable bonds is 5. The zero-order valence-corrected chi connectivity index (χ0v) is 13.7. The Labute approximate surface area is 123 Å². The van der Waals surface area contributed by atoms with Crippen molar-refractivity contribution in [3.05, 3.63) is 0 Å². The molecule has 2 aliphatic rings. The summed E-state index contributed by atoms with van der Waals surface area (Å²) in [5.74, 6) is 1.40. The number of nitrogens with zero attached hydrogens (tertiary/aromatic N) is 1. The highest BCUT2D eigenvalue weighted by molar-refractivity contribution is 7.90. The Morgan fingerprint density at radius 2 is 1.95 bits per heavy atom. The third-order valence-electron chi connectivity index (χ3n) is 4.17. The maximum absolute atomic E-state index is 12.2. The maximum atomic E-state index is 12.2. The fourth-order valence-corrected chi connectivity index (χ4v) is 5.01. The summed E-state index contributed by atoms with van der Waals surface area (Å²) < 4.78 is 32.4. The van der Waals surface area contributed by atoms with E-state index in [9.17, 15) is 8.42 Å². The molecule has 0 spiro atoms. The number of likely N-dealkylation sites (tertiary alicyclic amines) is 1. The van der Waals surface area contributed by atoms with Crippen molar-refractivity contribution in [2.45, 2.75) is 44.9 Å². The summed E-state index contributed by atoms with van der Waals surface area (Å²) in [6, 6.07) is -0.0434. The van der Waals surface area contributed by atoms with Crippen LogP contribution in [-0.4, -0.2) is 57.5 Å². The van der Waals surface area contributed by atoms with Crippen LogP contribution in [0, 0.1) is 11.8 Å². The van der Waals surface area contributed by atoms with E-state index < -0.39 is 10.0 Å². The molecule has 0 aromatic carbocycles. The van der Waals surface area contributed by atoms with Crippen LogP contribution in [0.3, 0.4) is 0 Å². The van der Waals surface area contributed by atoms with Crippen LogP contribution >= 0.6 is 0 Å². The summed E-state index contributed by atoms with van der Waals surface area (Å²) >= 11 is 0. The van der Waals surface area contributed by atoms with E-state index in [2.05, 4.69) is 23.5 Å². The first kappa shape index (κ1) is 16.2. The van der Waals surface area contributed by atoms with Gasteiger partial charge in [0.15, 0.2) is 0 Å².